The maximum Gasteiger partial charge on any atom is 0.167 e. The molecule has 0 spiro atoms. The number of pyridine rings is 1. The summed E-state index contributed by atoms with van der Waals surface area (Å²) in [6, 6.07) is 17.6. The lowest BCUT2D eigenvalue weighted by molar-refractivity contribution is 0.0809. The van der Waals surface area contributed by atoms with E-state index >= 15 is 0 Å². The molecule has 1 saturated heterocycles. The van der Waals surface area contributed by atoms with Crippen molar-refractivity contribution in [1.82, 2.24) is 14.5 Å². The number of carbonyl (C=O) groups is 1. The molecule has 4 rings (SSSR count). The number of hydrogen-bond donors (Lipinski definition) is 0. The van der Waals surface area contributed by atoms with Crippen LogP contribution < -0.4 is 4.74 Å². The number of Topliss-reactive ketones (excluding diaryl/α,β-unsaturated/α-hetero) is 1. The molecular weight excluding hydrogens is 350 g/mol. The van der Waals surface area contributed by atoms with Crippen LogP contribution in [0.25, 0.3) is 5.82 Å². The first kappa shape index (κ1) is 18.4. The van der Waals surface area contributed by atoms with Crippen molar-refractivity contribution in [2.24, 2.45) is 5.92 Å². The number of ether oxygens (including phenoxy) is 1. The van der Waals surface area contributed by atoms with Gasteiger partial charge >= 0.3 is 0 Å². The SMILES string of the molecule is COc1cccc(C(=O)[C@H]2CCCN(Cc3cccn3-c3ccccn3)C2)c1. The first-order valence-corrected chi connectivity index (χ1v) is 9.73. The third-order valence-corrected chi connectivity index (χ3v) is 5.35. The molecule has 0 radical (unpaired) electrons. The largest absolute Gasteiger partial charge is 0.497 e. The minimum absolute atomic E-state index is 0.0270. The highest BCUT2D eigenvalue weighted by molar-refractivity contribution is 5.98. The van der Waals surface area contributed by atoms with Crippen LogP contribution in [0.5, 0.6) is 5.75 Å². The van der Waals surface area contributed by atoms with Gasteiger partial charge in [-0.3, -0.25) is 9.69 Å². The molecule has 0 aliphatic carbocycles. The molecule has 5 nitrogen and oxygen atoms in total. The molecule has 2 aromatic heterocycles. The van der Waals surface area contributed by atoms with Crippen LogP contribution >= 0.6 is 0 Å². The van der Waals surface area contributed by atoms with Crippen molar-refractivity contribution in [1.29, 1.82) is 0 Å². The van der Waals surface area contributed by atoms with E-state index in [1.807, 2.05) is 60.9 Å². The van der Waals surface area contributed by atoms with Crippen LogP contribution in [-0.4, -0.2) is 40.4 Å². The average Bonchev–Trinajstić information content (AvgIpc) is 3.22. The molecular formula is C23H25N3O2. The number of hydrogen-bond acceptors (Lipinski definition) is 4. The van der Waals surface area contributed by atoms with Gasteiger partial charge < -0.3 is 9.30 Å². The quantitative estimate of drug-likeness (QED) is 0.612. The van der Waals surface area contributed by atoms with Gasteiger partial charge in [-0.25, -0.2) is 4.98 Å². The Bertz CT molecular complexity index is 936. The van der Waals surface area contributed by atoms with Crippen molar-refractivity contribution in [3.63, 3.8) is 0 Å². The number of methoxy groups -OCH3 is 1. The van der Waals surface area contributed by atoms with Gasteiger partial charge in [0, 0.05) is 42.7 Å². The number of carbonyl (C=O) groups excluding carboxylic acids is 1. The van der Waals surface area contributed by atoms with E-state index in [2.05, 4.69) is 20.5 Å². The van der Waals surface area contributed by atoms with E-state index in [9.17, 15) is 4.79 Å². The highest BCUT2D eigenvalue weighted by Crippen LogP contribution is 2.24. The molecule has 0 unspecified atom stereocenters. The molecule has 3 heterocycles. The Morgan fingerprint density at radius 1 is 1.18 bits per heavy atom. The lowest BCUT2D eigenvalue weighted by atomic mass is 9.90. The zero-order chi connectivity index (χ0) is 19.3. The molecule has 3 aromatic rings. The first-order chi connectivity index (χ1) is 13.7. The Labute approximate surface area is 165 Å². The lowest BCUT2D eigenvalue weighted by Gasteiger charge is -2.32. The van der Waals surface area contributed by atoms with Gasteiger partial charge in [0.2, 0.25) is 0 Å². The van der Waals surface area contributed by atoms with Crippen molar-refractivity contribution >= 4 is 5.78 Å². The molecule has 144 valence electrons. The molecule has 1 atom stereocenters. The molecule has 1 aromatic carbocycles. The summed E-state index contributed by atoms with van der Waals surface area (Å²) in [6.07, 6.45) is 5.82. The molecule has 1 fully saturated rings. The number of aromatic nitrogens is 2. The van der Waals surface area contributed by atoms with Gasteiger partial charge in [-0.1, -0.05) is 18.2 Å². The number of nitrogens with zero attached hydrogens (tertiary/aromatic N) is 3. The van der Waals surface area contributed by atoms with E-state index in [1.54, 1.807) is 7.11 Å². The van der Waals surface area contributed by atoms with Crippen LogP contribution in [0, 0.1) is 5.92 Å². The van der Waals surface area contributed by atoms with Crippen molar-refractivity contribution in [3.05, 3.63) is 78.2 Å². The van der Waals surface area contributed by atoms with Crippen molar-refractivity contribution in [2.45, 2.75) is 19.4 Å². The topological polar surface area (TPSA) is 47.4 Å². The number of rotatable bonds is 6. The highest BCUT2D eigenvalue weighted by atomic mass is 16.5. The van der Waals surface area contributed by atoms with Crippen LogP contribution in [0.2, 0.25) is 0 Å². The summed E-state index contributed by atoms with van der Waals surface area (Å²) in [5.74, 6) is 1.89. The third kappa shape index (κ3) is 3.99. The van der Waals surface area contributed by atoms with Gasteiger partial charge in [0.15, 0.2) is 5.78 Å². The zero-order valence-corrected chi connectivity index (χ0v) is 16.1. The molecule has 0 N–H and O–H groups in total. The monoisotopic (exact) mass is 375 g/mol. The minimum atomic E-state index is 0.0270. The average molecular weight is 375 g/mol. The fourth-order valence-electron chi connectivity index (χ4n) is 3.92. The molecule has 0 bridgehead atoms. The summed E-state index contributed by atoms with van der Waals surface area (Å²) in [6.45, 7) is 2.60. The van der Waals surface area contributed by atoms with Gasteiger partial charge in [-0.15, -0.1) is 0 Å². The molecule has 0 saturated carbocycles. The zero-order valence-electron chi connectivity index (χ0n) is 16.1. The number of likely N-dealkylation sites (tertiary alicyclic amines) is 1. The van der Waals surface area contributed by atoms with Crippen LogP contribution in [0.15, 0.2) is 67.0 Å². The van der Waals surface area contributed by atoms with E-state index in [-0.39, 0.29) is 11.7 Å². The smallest absolute Gasteiger partial charge is 0.167 e. The Morgan fingerprint density at radius 2 is 2.11 bits per heavy atom. The third-order valence-electron chi connectivity index (χ3n) is 5.35. The first-order valence-electron chi connectivity index (χ1n) is 9.73. The van der Waals surface area contributed by atoms with Gasteiger partial charge in [-0.05, 0) is 55.8 Å². The van der Waals surface area contributed by atoms with Crippen LogP contribution in [0.1, 0.15) is 28.9 Å². The Kier molecular flexibility index (Phi) is 5.53. The molecule has 1 aliphatic rings. The predicted molar refractivity (Wildman–Crippen MR) is 109 cm³/mol. The molecule has 0 amide bonds. The van der Waals surface area contributed by atoms with E-state index in [0.717, 1.165) is 49.6 Å². The lowest BCUT2D eigenvalue weighted by Crippen LogP contribution is -2.38. The van der Waals surface area contributed by atoms with Gasteiger partial charge in [0.1, 0.15) is 11.6 Å². The maximum atomic E-state index is 13.0. The second-order valence-electron chi connectivity index (χ2n) is 7.23. The van der Waals surface area contributed by atoms with E-state index in [4.69, 9.17) is 4.74 Å². The van der Waals surface area contributed by atoms with Crippen molar-refractivity contribution in [2.75, 3.05) is 20.2 Å². The summed E-state index contributed by atoms with van der Waals surface area (Å²) in [7, 11) is 1.63. The Morgan fingerprint density at radius 3 is 2.93 bits per heavy atom. The fourth-order valence-corrected chi connectivity index (χ4v) is 3.92. The summed E-state index contributed by atoms with van der Waals surface area (Å²) in [5, 5.41) is 0. The molecule has 1 aliphatic heterocycles. The minimum Gasteiger partial charge on any atom is -0.497 e. The normalized spacial score (nSPS) is 17.4. The number of piperidine rings is 1. The maximum absolute atomic E-state index is 13.0. The number of benzene rings is 1. The summed E-state index contributed by atoms with van der Waals surface area (Å²) in [5.41, 5.74) is 1.93. The Balaban J connectivity index is 1.46. The second kappa shape index (κ2) is 8.40. The van der Waals surface area contributed by atoms with Crippen LogP contribution in [-0.2, 0) is 6.54 Å². The Hall–Kier alpha value is -2.92. The van der Waals surface area contributed by atoms with Crippen LogP contribution in [0.4, 0.5) is 0 Å². The molecule has 5 heteroatoms. The van der Waals surface area contributed by atoms with E-state index in [0.29, 0.717) is 0 Å². The van der Waals surface area contributed by atoms with Gasteiger partial charge in [-0.2, -0.15) is 0 Å². The second-order valence-corrected chi connectivity index (χ2v) is 7.23. The highest BCUT2D eigenvalue weighted by Gasteiger charge is 2.27. The van der Waals surface area contributed by atoms with Gasteiger partial charge in [0.05, 0.1) is 7.11 Å². The van der Waals surface area contributed by atoms with Crippen molar-refractivity contribution in [3.8, 4) is 11.6 Å². The summed E-state index contributed by atoms with van der Waals surface area (Å²) >= 11 is 0. The van der Waals surface area contributed by atoms with E-state index < -0.39 is 0 Å². The number of ketones is 1. The summed E-state index contributed by atoms with van der Waals surface area (Å²) < 4.78 is 7.39. The molecule has 28 heavy (non-hydrogen) atoms. The predicted octanol–water partition coefficient (Wildman–Crippen LogP) is 3.98. The van der Waals surface area contributed by atoms with Crippen molar-refractivity contribution < 1.29 is 9.53 Å². The standard InChI is InChI=1S/C23H25N3O2/c1-28-21-10-4-7-18(15-21)23(27)19-8-5-13-25(16-19)17-20-9-6-14-26(20)22-11-2-3-12-24-22/h2-4,6-7,9-12,14-15,19H,5,8,13,16-17H2,1H3/t19-/m0/s1. The summed E-state index contributed by atoms with van der Waals surface area (Å²) in [4.78, 5) is 19.8. The fraction of sp³-hybridized carbons (Fsp3) is 0.304. The van der Waals surface area contributed by atoms with Crippen LogP contribution in [0.3, 0.4) is 0 Å². The van der Waals surface area contributed by atoms with Gasteiger partial charge in [0.25, 0.3) is 0 Å². The van der Waals surface area contributed by atoms with E-state index in [1.165, 1.54) is 5.69 Å².